The highest BCUT2D eigenvalue weighted by molar-refractivity contribution is 5.98. The molecule has 0 atom stereocenters. The molecule has 0 fully saturated rings. The Hall–Kier alpha value is -2.13. The monoisotopic (exact) mass is 256 g/mol. The quantitative estimate of drug-likeness (QED) is 0.620. The second kappa shape index (κ2) is 5.67. The molecule has 3 heteroatoms. The third kappa shape index (κ3) is 2.83. The molecule has 3 nitrogen and oxygen atoms in total. The van der Waals surface area contributed by atoms with Gasteiger partial charge in [0.2, 0.25) is 0 Å². The minimum Gasteiger partial charge on any atom is -0.293 e. The molecule has 0 N–H and O–H groups in total. The summed E-state index contributed by atoms with van der Waals surface area (Å²) in [5, 5.41) is 0. The van der Waals surface area contributed by atoms with Gasteiger partial charge in [-0.1, -0.05) is 48.0 Å². The molecule has 0 aromatic heterocycles. The largest absolute Gasteiger partial charge is 0.373 e. The molecule has 98 valence electrons. The van der Waals surface area contributed by atoms with Gasteiger partial charge in [-0.2, -0.15) is 4.89 Å². The van der Waals surface area contributed by atoms with Crippen LogP contribution in [0, 0.1) is 13.8 Å². The van der Waals surface area contributed by atoms with E-state index in [0.29, 0.717) is 5.56 Å². The fourth-order valence-electron chi connectivity index (χ4n) is 2.03. The van der Waals surface area contributed by atoms with Gasteiger partial charge in [0.1, 0.15) is 0 Å². The Bertz CT molecular complexity index is 585. The van der Waals surface area contributed by atoms with Crippen LogP contribution in [0.15, 0.2) is 42.5 Å². The summed E-state index contributed by atoms with van der Waals surface area (Å²) in [7, 11) is 1.32. The highest BCUT2D eigenvalue weighted by atomic mass is 17.2. The maximum atomic E-state index is 12.0. The molecule has 0 spiro atoms. The molecule has 0 unspecified atom stereocenters. The van der Waals surface area contributed by atoms with E-state index < -0.39 is 5.97 Å². The second-order valence-electron chi connectivity index (χ2n) is 4.40. The topological polar surface area (TPSA) is 35.5 Å². The van der Waals surface area contributed by atoms with Crippen molar-refractivity contribution in [2.75, 3.05) is 7.11 Å². The zero-order valence-electron chi connectivity index (χ0n) is 11.3. The first-order valence-electron chi connectivity index (χ1n) is 6.05. The average molecular weight is 256 g/mol. The van der Waals surface area contributed by atoms with Crippen LogP contribution >= 0.6 is 0 Å². The average Bonchev–Trinajstić information content (AvgIpc) is 2.39. The van der Waals surface area contributed by atoms with E-state index in [1.165, 1.54) is 12.7 Å². The Labute approximate surface area is 112 Å². The van der Waals surface area contributed by atoms with Gasteiger partial charge in [-0.3, -0.25) is 4.89 Å². The Morgan fingerprint density at radius 2 is 1.68 bits per heavy atom. The minimum atomic E-state index is -0.476. The summed E-state index contributed by atoms with van der Waals surface area (Å²) in [4.78, 5) is 21.1. The van der Waals surface area contributed by atoms with Crippen LogP contribution in [0.25, 0.3) is 11.1 Å². The van der Waals surface area contributed by atoms with E-state index in [9.17, 15) is 4.79 Å². The maximum absolute atomic E-state index is 12.0. The van der Waals surface area contributed by atoms with Crippen LogP contribution in [0.1, 0.15) is 21.5 Å². The van der Waals surface area contributed by atoms with Crippen LogP contribution in [-0.2, 0) is 9.78 Å². The van der Waals surface area contributed by atoms with E-state index in [4.69, 9.17) is 0 Å². The molecule has 0 aliphatic carbocycles. The van der Waals surface area contributed by atoms with E-state index >= 15 is 0 Å². The van der Waals surface area contributed by atoms with Gasteiger partial charge < -0.3 is 0 Å². The summed E-state index contributed by atoms with van der Waals surface area (Å²) in [6.07, 6.45) is 0. The smallest absolute Gasteiger partial charge is 0.293 e. The van der Waals surface area contributed by atoms with Crippen molar-refractivity contribution < 1.29 is 14.6 Å². The predicted octanol–water partition coefficient (Wildman–Crippen LogP) is 3.69. The van der Waals surface area contributed by atoms with E-state index in [-0.39, 0.29) is 0 Å². The summed E-state index contributed by atoms with van der Waals surface area (Å²) < 4.78 is 0. The second-order valence-corrected chi connectivity index (χ2v) is 4.40. The van der Waals surface area contributed by atoms with E-state index in [0.717, 1.165) is 16.7 Å². The van der Waals surface area contributed by atoms with E-state index in [1.54, 1.807) is 0 Å². The number of carbonyl (C=O) groups is 1. The first-order valence-corrected chi connectivity index (χ1v) is 6.05. The lowest BCUT2D eigenvalue weighted by atomic mass is 9.95. The first kappa shape index (κ1) is 13.3. The lowest BCUT2D eigenvalue weighted by Gasteiger charge is -2.11. The molecule has 0 radical (unpaired) electrons. The fraction of sp³-hybridized carbons (Fsp3) is 0.188. The Morgan fingerprint density at radius 3 is 2.32 bits per heavy atom. The van der Waals surface area contributed by atoms with Crippen molar-refractivity contribution >= 4 is 5.97 Å². The molecule has 0 bridgehead atoms. The van der Waals surface area contributed by atoms with Crippen molar-refractivity contribution in [3.63, 3.8) is 0 Å². The molecule has 0 heterocycles. The van der Waals surface area contributed by atoms with Gasteiger partial charge in [0.05, 0.1) is 12.7 Å². The first-order chi connectivity index (χ1) is 9.13. The van der Waals surface area contributed by atoms with Gasteiger partial charge in [-0.05, 0) is 30.5 Å². The van der Waals surface area contributed by atoms with Crippen molar-refractivity contribution in [3.05, 3.63) is 59.2 Å². The van der Waals surface area contributed by atoms with Gasteiger partial charge in [0.15, 0.2) is 0 Å². The van der Waals surface area contributed by atoms with Crippen LogP contribution in [0.4, 0.5) is 0 Å². The minimum absolute atomic E-state index is 0.476. The highest BCUT2D eigenvalue weighted by Gasteiger charge is 2.17. The number of aryl methyl sites for hydroxylation is 2. The maximum Gasteiger partial charge on any atom is 0.373 e. The van der Waals surface area contributed by atoms with Crippen molar-refractivity contribution in [2.45, 2.75) is 13.8 Å². The number of rotatable bonds is 3. The van der Waals surface area contributed by atoms with Gasteiger partial charge in [-0.15, -0.1) is 0 Å². The fourth-order valence-corrected chi connectivity index (χ4v) is 2.03. The zero-order valence-corrected chi connectivity index (χ0v) is 11.3. The van der Waals surface area contributed by atoms with Crippen LogP contribution < -0.4 is 0 Å². The van der Waals surface area contributed by atoms with E-state index in [1.807, 2.05) is 56.3 Å². The molecule has 19 heavy (non-hydrogen) atoms. The van der Waals surface area contributed by atoms with Crippen molar-refractivity contribution in [1.82, 2.24) is 0 Å². The normalized spacial score (nSPS) is 10.3. The number of hydrogen-bond donors (Lipinski definition) is 0. The zero-order chi connectivity index (χ0) is 13.8. The van der Waals surface area contributed by atoms with Crippen molar-refractivity contribution in [1.29, 1.82) is 0 Å². The van der Waals surface area contributed by atoms with Gasteiger partial charge in [0.25, 0.3) is 0 Å². The third-order valence-corrected chi connectivity index (χ3v) is 3.00. The lowest BCUT2D eigenvalue weighted by molar-refractivity contribution is -0.216. The van der Waals surface area contributed by atoms with Crippen LogP contribution in [0.2, 0.25) is 0 Å². The molecule has 2 aromatic rings. The van der Waals surface area contributed by atoms with Gasteiger partial charge in [-0.25, -0.2) is 4.79 Å². The number of hydrogen-bond acceptors (Lipinski definition) is 3. The summed E-state index contributed by atoms with van der Waals surface area (Å²) in [5.74, 6) is -0.476. The summed E-state index contributed by atoms with van der Waals surface area (Å²) >= 11 is 0. The third-order valence-electron chi connectivity index (χ3n) is 3.00. The lowest BCUT2D eigenvalue weighted by Crippen LogP contribution is -2.08. The van der Waals surface area contributed by atoms with Crippen LogP contribution in [0.5, 0.6) is 0 Å². The number of benzene rings is 2. The molecule has 0 aliphatic heterocycles. The van der Waals surface area contributed by atoms with Gasteiger partial charge >= 0.3 is 5.97 Å². The molecular formula is C16H16O3. The Morgan fingerprint density at radius 1 is 1.00 bits per heavy atom. The van der Waals surface area contributed by atoms with Gasteiger partial charge in [0, 0.05) is 0 Å². The molecule has 0 saturated heterocycles. The van der Waals surface area contributed by atoms with Crippen molar-refractivity contribution in [3.8, 4) is 11.1 Å². The Kier molecular flexibility index (Phi) is 3.97. The predicted molar refractivity (Wildman–Crippen MR) is 73.8 cm³/mol. The SMILES string of the molecule is COOC(=O)c1c(C)cccc1-c1ccc(C)cc1. The Balaban J connectivity index is 2.54. The van der Waals surface area contributed by atoms with Crippen LogP contribution in [-0.4, -0.2) is 13.1 Å². The van der Waals surface area contributed by atoms with Crippen LogP contribution in [0.3, 0.4) is 0 Å². The summed E-state index contributed by atoms with van der Waals surface area (Å²) in [5.41, 5.74) is 4.41. The summed E-state index contributed by atoms with van der Waals surface area (Å²) in [6.45, 7) is 3.91. The molecule has 0 aliphatic rings. The molecule has 0 saturated carbocycles. The molecule has 0 amide bonds. The molecular weight excluding hydrogens is 240 g/mol. The van der Waals surface area contributed by atoms with Crippen molar-refractivity contribution in [2.24, 2.45) is 0 Å². The number of carbonyl (C=O) groups excluding carboxylic acids is 1. The van der Waals surface area contributed by atoms with E-state index in [2.05, 4.69) is 9.78 Å². The summed E-state index contributed by atoms with van der Waals surface area (Å²) in [6, 6.07) is 13.7. The highest BCUT2D eigenvalue weighted by Crippen LogP contribution is 2.27. The molecule has 2 rings (SSSR count). The molecule has 2 aromatic carbocycles. The standard InChI is InChI=1S/C16H16O3/c1-11-7-9-13(10-8-11)14-6-4-5-12(2)15(14)16(17)19-18-3/h4-10H,1-3H3.